The number of ether oxygens (including phenoxy) is 2. The van der Waals surface area contributed by atoms with E-state index in [-0.39, 0.29) is 30.1 Å². The average molecular weight is 506 g/mol. The first-order valence-electron chi connectivity index (χ1n) is 11.9. The smallest absolute Gasteiger partial charge is 0.310 e. The summed E-state index contributed by atoms with van der Waals surface area (Å²) >= 11 is 0. The first-order valence-corrected chi connectivity index (χ1v) is 13.3. The molecule has 1 aliphatic rings. The number of nitrogens with zero attached hydrogens (tertiary/aromatic N) is 3. The molecule has 0 amide bonds. The summed E-state index contributed by atoms with van der Waals surface area (Å²) in [7, 11) is -3.98. The highest BCUT2D eigenvalue weighted by molar-refractivity contribution is 7.92. The molecule has 1 aromatic carbocycles. The molecule has 0 unspecified atom stereocenters. The normalized spacial score (nSPS) is 15.9. The van der Waals surface area contributed by atoms with E-state index in [4.69, 9.17) is 9.47 Å². The van der Waals surface area contributed by atoms with Gasteiger partial charge in [0, 0.05) is 19.2 Å². The monoisotopic (exact) mass is 505 g/mol. The number of ketones is 1. The number of esters is 1. The Hall–Kier alpha value is -2.88. The Morgan fingerprint density at radius 3 is 2.60 bits per heavy atom. The molecule has 0 aliphatic carbocycles. The van der Waals surface area contributed by atoms with E-state index in [9.17, 15) is 18.0 Å². The van der Waals surface area contributed by atoms with E-state index in [0.717, 1.165) is 6.42 Å². The SMILES string of the molecule is CCCn1cc(S(=O)(=O)N2C[C@H](CCC(C)=O)Oc3ccc(CC(=O)OC(C)(C)C)cc32)c(C)n1. The van der Waals surface area contributed by atoms with Crippen LogP contribution in [-0.4, -0.2) is 48.2 Å². The fraction of sp³-hybridized carbons (Fsp3) is 0.560. The lowest BCUT2D eigenvalue weighted by Gasteiger charge is -2.35. The molecule has 2 heterocycles. The van der Waals surface area contributed by atoms with Gasteiger partial charge in [0.2, 0.25) is 0 Å². The van der Waals surface area contributed by atoms with Crippen molar-refractivity contribution in [2.75, 3.05) is 10.8 Å². The van der Waals surface area contributed by atoms with Crippen molar-refractivity contribution in [2.45, 2.75) is 90.4 Å². The summed E-state index contributed by atoms with van der Waals surface area (Å²) in [6.07, 6.45) is 2.58. The molecule has 10 heteroatoms. The van der Waals surface area contributed by atoms with Crippen LogP contribution in [0.4, 0.5) is 5.69 Å². The van der Waals surface area contributed by atoms with Crippen LogP contribution in [0.25, 0.3) is 0 Å². The number of Topliss-reactive ketones (excluding diaryl/α,β-unsaturated/α-hetero) is 1. The quantitative estimate of drug-likeness (QED) is 0.477. The highest BCUT2D eigenvalue weighted by Crippen LogP contribution is 2.39. The maximum atomic E-state index is 13.9. The summed E-state index contributed by atoms with van der Waals surface area (Å²) in [5.74, 6) is -0.00211. The van der Waals surface area contributed by atoms with Crippen molar-refractivity contribution in [3.8, 4) is 5.75 Å². The Balaban J connectivity index is 2.00. The number of anilines is 1. The fourth-order valence-corrected chi connectivity index (χ4v) is 5.64. The van der Waals surface area contributed by atoms with Crippen LogP contribution in [0, 0.1) is 6.92 Å². The summed E-state index contributed by atoms with van der Waals surface area (Å²) in [6, 6.07) is 5.06. The third-order valence-electron chi connectivity index (χ3n) is 5.46. The molecule has 2 aromatic rings. The fourth-order valence-electron chi connectivity index (χ4n) is 3.97. The zero-order chi connectivity index (χ0) is 26.0. The minimum absolute atomic E-state index is 0.000334. The van der Waals surface area contributed by atoms with Crippen molar-refractivity contribution in [2.24, 2.45) is 0 Å². The molecule has 0 N–H and O–H groups in total. The average Bonchev–Trinajstić information content (AvgIpc) is 3.11. The van der Waals surface area contributed by atoms with Crippen LogP contribution in [-0.2, 0) is 37.3 Å². The number of aryl methyl sites for hydroxylation is 2. The Kier molecular flexibility index (Phi) is 7.93. The summed E-state index contributed by atoms with van der Waals surface area (Å²) in [5.41, 5.74) is 0.760. The predicted octanol–water partition coefficient (Wildman–Crippen LogP) is 3.81. The van der Waals surface area contributed by atoms with E-state index in [1.165, 1.54) is 11.2 Å². The zero-order valence-electron chi connectivity index (χ0n) is 21.3. The number of carbonyl (C=O) groups excluding carboxylic acids is 2. The molecule has 1 atom stereocenters. The van der Waals surface area contributed by atoms with E-state index >= 15 is 0 Å². The molecule has 192 valence electrons. The van der Waals surface area contributed by atoms with E-state index in [0.29, 0.717) is 35.7 Å². The molecule has 1 aromatic heterocycles. The number of hydrogen-bond donors (Lipinski definition) is 0. The van der Waals surface area contributed by atoms with Crippen LogP contribution in [0.2, 0.25) is 0 Å². The molecule has 9 nitrogen and oxygen atoms in total. The lowest BCUT2D eigenvalue weighted by Crippen LogP contribution is -2.43. The van der Waals surface area contributed by atoms with E-state index < -0.39 is 27.7 Å². The van der Waals surface area contributed by atoms with Crippen molar-refractivity contribution in [3.63, 3.8) is 0 Å². The molecule has 0 bridgehead atoms. The first kappa shape index (κ1) is 26.7. The molecule has 0 spiro atoms. The second-order valence-corrected chi connectivity index (χ2v) is 11.8. The maximum absolute atomic E-state index is 13.9. The maximum Gasteiger partial charge on any atom is 0.310 e. The van der Waals surface area contributed by atoms with Crippen LogP contribution >= 0.6 is 0 Å². The van der Waals surface area contributed by atoms with Gasteiger partial charge in [-0.15, -0.1) is 0 Å². The Morgan fingerprint density at radius 1 is 1.26 bits per heavy atom. The van der Waals surface area contributed by atoms with Gasteiger partial charge >= 0.3 is 5.97 Å². The van der Waals surface area contributed by atoms with Crippen molar-refractivity contribution in [1.82, 2.24) is 9.78 Å². The van der Waals surface area contributed by atoms with Gasteiger partial charge in [-0.2, -0.15) is 5.10 Å². The van der Waals surface area contributed by atoms with Crippen molar-refractivity contribution >= 4 is 27.5 Å². The van der Waals surface area contributed by atoms with E-state index in [1.807, 2.05) is 6.92 Å². The number of aromatic nitrogens is 2. The number of sulfonamides is 1. The highest BCUT2D eigenvalue weighted by atomic mass is 32.2. The van der Waals surface area contributed by atoms with Crippen LogP contribution in [0.15, 0.2) is 29.3 Å². The van der Waals surface area contributed by atoms with Gasteiger partial charge < -0.3 is 14.3 Å². The van der Waals surface area contributed by atoms with Crippen molar-refractivity contribution in [1.29, 1.82) is 0 Å². The third-order valence-corrected chi connectivity index (χ3v) is 7.35. The molecular formula is C25H35N3O6S. The van der Waals surface area contributed by atoms with Crippen LogP contribution < -0.4 is 9.04 Å². The number of benzene rings is 1. The molecule has 0 saturated carbocycles. The third kappa shape index (κ3) is 6.62. The number of rotatable bonds is 9. The molecule has 3 rings (SSSR count). The lowest BCUT2D eigenvalue weighted by molar-refractivity contribution is -0.153. The van der Waals surface area contributed by atoms with Crippen LogP contribution in [0.1, 0.15) is 65.1 Å². The summed E-state index contributed by atoms with van der Waals surface area (Å²) in [5, 5.41) is 4.36. The zero-order valence-corrected chi connectivity index (χ0v) is 22.1. The molecule has 0 radical (unpaired) electrons. The van der Waals surface area contributed by atoms with Crippen molar-refractivity contribution in [3.05, 3.63) is 35.7 Å². The van der Waals surface area contributed by atoms with Crippen LogP contribution in [0.3, 0.4) is 0 Å². The van der Waals surface area contributed by atoms with E-state index in [2.05, 4.69) is 5.10 Å². The first-order chi connectivity index (χ1) is 16.3. The minimum Gasteiger partial charge on any atom is -0.486 e. The van der Waals surface area contributed by atoms with Gasteiger partial charge in [-0.05, 0) is 65.2 Å². The van der Waals surface area contributed by atoms with Gasteiger partial charge in [-0.3, -0.25) is 13.8 Å². The topological polar surface area (TPSA) is 108 Å². The van der Waals surface area contributed by atoms with Gasteiger partial charge in [0.25, 0.3) is 10.0 Å². The van der Waals surface area contributed by atoms with Crippen molar-refractivity contribution < 1.29 is 27.5 Å². The van der Waals surface area contributed by atoms with E-state index in [1.54, 1.807) is 56.8 Å². The molecular weight excluding hydrogens is 470 g/mol. The second-order valence-electron chi connectivity index (χ2n) is 9.92. The number of carbonyl (C=O) groups is 2. The lowest BCUT2D eigenvalue weighted by atomic mass is 10.1. The Labute approximate surface area is 207 Å². The second kappa shape index (κ2) is 10.4. The van der Waals surface area contributed by atoms with Crippen LogP contribution in [0.5, 0.6) is 5.75 Å². The molecule has 0 saturated heterocycles. The Morgan fingerprint density at radius 2 is 1.97 bits per heavy atom. The van der Waals surface area contributed by atoms with Gasteiger partial charge in [0.1, 0.15) is 28.1 Å². The summed E-state index contributed by atoms with van der Waals surface area (Å²) in [6.45, 7) is 11.2. The van der Waals surface area contributed by atoms with Gasteiger partial charge in [-0.25, -0.2) is 8.42 Å². The van der Waals surface area contributed by atoms with Gasteiger partial charge in [0.15, 0.2) is 0 Å². The molecule has 1 aliphatic heterocycles. The molecule has 35 heavy (non-hydrogen) atoms. The highest BCUT2D eigenvalue weighted by Gasteiger charge is 2.36. The Bertz CT molecular complexity index is 1200. The predicted molar refractivity (Wildman–Crippen MR) is 132 cm³/mol. The number of hydrogen-bond acceptors (Lipinski definition) is 7. The van der Waals surface area contributed by atoms with Gasteiger partial charge in [0.05, 0.1) is 24.3 Å². The largest absolute Gasteiger partial charge is 0.486 e. The minimum atomic E-state index is -3.98. The van der Waals surface area contributed by atoms with Gasteiger partial charge in [-0.1, -0.05) is 13.0 Å². The number of fused-ring (bicyclic) bond motifs is 1. The molecule has 0 fully saturated rings. The standard InChI is InChI=1S/C25H35N3O6S/c1-7-12-27-16-23(18(3)26-27)35(31,32)28-15-20(10-8-17(2)29)33-22-11-9-19(13-21(22)28)14-24(30)34-25(4,5)6/h9,11,13,16,20H,7-8,10,12,14-15H2,1-6H3/t20-/m0/s1. The summed E-state index contributed by atoms with van der Waals surface area (Å²) in [4.78, 5) is 24.0. The summed E-state index contributed by atoms with van der Waals surface area (Å²) < 4.78 is 42.1.